The Balaban J connectivity index is 2.53. The molecule has 0 unspecified atom stereocenters. The number of ether oxygens (including phenoxy) is 1. The van der Waals surface area contributed by atoms with Crippen molar-refractivity contribution in [3.63, 3.8) is 0 Å². The minimum atomic E-state index is 0.127. The zero-order chi connectivity index (χ0) is 9.42. The van der Waals surface area contributed by atoms with Crippen molar-refractivity contribution in [2.24, 2.45) is 5.73 Å². The lowest BCUT2D eigenvalue weighted by molar-refractivity contribution is 0.414. The van der Waals surface area contributed by atoms with Crippen LogP contribution in [0.4, 0.5) is 0 Å². The van der Waals surface area contributed by atoms with Crippen molar-refractivity contribution in [1.82, 2.24) is 0 Å². The normalized spacial score (nSPS) is 20.1. The molecule has 0 bridgehead atoms. The maximum Gasteiger partial charge on any atom is 0.120 e. The van der Waals surface area contributed by atoms with Crippen LogP contribution < -0.4 is 10.5 Å². The number of hydrogen-bond donors (Lipinski definition) is 1. The molecule has 0 spiro atoms. The van der Waals surface area contributed by atoms with Gasteiger partial charge in [-0.25, -0.2) is 0 Å². The lowest BCUT2D eigenvalue weighted by Gasteiger charge is -2.08. The predicted octanol–water partition coefficient (Wildman–Crippen LogP) is 2.29. The number of hydrogen-bond acceptors (Lipinski definition) is 2. The van der Waals surface area contributed by atoms with E-state index in [9.17, 15) is 0 Å². The third kappa shape index (κ3) is 1.40. The third-order valence-corrected chi connectivity index (χ3v) is 2.88. The van der Waals surface area contributed by atoms with Gasteiger partial charge in [-0.15, -0.1) is 0 Å². The molecular formula is C10H12ClNO. The van der Waals surface area contributed by atoms with Gasteiger partial charge in [-0.1, -0.05) is 11.6 Å². The van der Waals surface area contributed by atoms with Crippen molar-refractivity contribution in [3.05, 3.63) is 28.3 Å². The van der Waals surface area contributed by atoms with Crippen LogP contribution in [-0.4, -0.2) is 7.11 Å². The van der Waals surface area contributed by atoms with E-state index in [1.807, 2.05) is 12.1 Å². The van der Waals surface area contributed by atoms with Crippen LogP contribution in [0.3, 0.4) is 0 Å². The molecule has 13 heavy (non-hydrogen) atoms. The van der Waals surface area contributed by atoms with Crippen molar-refractivity contribution >= 4 is 11.6 Å². The third-order valence-electron chi connectivity index (χ3n) is 2.54. The van der Waals surface area contributed by atoms with Crippen LogP contribution in [0.25, 0.3) is 0 Å². The van der Waals surface area contributed by atoms with Gasteiger partial charge in [0.25, 0.3) is 0 Å². The van der Waals surface area contributed by atoms with Crippen LogP contribution in [0.15, 0.2) is 12.1 Å². The van der Waals surface area contributed by atoms with Gasteiger partial charge in [-0.05, 0) is 36.1 Å². The number of benzene rings is 1. The van der Waals surface area contributed by atoms with E-state index >= 15 is 0 Å². The minimum absolute atomic E-state index is 0.127. The quantitative estimate of drug-likeness (QED) is 0.750. The molecule has 1 atom stereocenters. The molecule has 0 saturated carbocycles. The minimum Gasteiger partial charge on any atom is -0.497 e. The van der Waals surface area contributed by atoms with Crippen LogP contribution in [-0.2, 0) is 6.42 Å². The van der Waals surface area contributed by atoms with E-state index in [1.165, 1.54) is 5.56 Å². The molecule has 1 aromatic carbocycles. The summed E-state index contributed by atoms with van der Waals surface area (Å²) in [5.41, 5.74) is 8.26. The summed E-state index contributed by atoms with van der Waals surface area (Å²) < 4.78 is 5.13. The van der Waals surface area contributed by atoms with Crippen molar-refractivity contribution in [1.29, 1.82) is 0 Å². The summed E-state index contributed by atoms with van der Waals surface area (Å²) in [6.45, 7) is 0. The van der Waals surface area contributed by atoms with Gasteiger partial charge in [0, 0.05) is 11.1 Å². The molecule has 70 valence electrons. The molecule has 1 aliphatic rings. The molecule has 3 heteroatoms. The first-order chi connectivity index (χ1) is 6.22. The smallest absolute Gasteiger partial charge is 0.120 e. The summed E-state index contributed by atoms with van der Waals surface area (Å²) in [4.78, 5) is 0. The largest absolute Gasteiger partial charge is 0.497 e. The molecule has 0 amide bonds. The van der Waals surface area contributed by atoms with Gasteiger partial charge in [0.15, 0.2) is 0 Å². The molecule has 1 aliphatic carbocycles. The predicted molar refractivity (Wildman–Crippen MR) is 53.3 cm³/mol. The average molecular weight is 198 g/mol. The van der Waals surface area contributed by atoms with Crippen LogP contribution in [0.1, 0.15) is 23.6 Å². The van der Waals surface area contributed by atoms with Gasteiger partial charge in [0.05, 0.1) is 7.11 Å². The average Bonchev–Trinajstić information content (AvgIpc) is 2.48. The Morgan fingerprint density at radius 1 is 1.54 bits per heavy atom. The van der Waals surface area contributed by atoms with Crippen molar-refractivity contribution in [2.45, 2.75) is 18.9 Å². The van der Waals surface area contributed by atoms with E-state index in [1.54, 1.807) is 7.11 Å². The molecule has 1 aromatic rings. The summed E-state index contributed by atoms with van der Waals surface area (Å²) in [7, 11) is 1.64. The lowest BCUT2D eigenvalue weighted by Crippen LogP contribution is -2.05. The summed E-state index contributed by atoms with van der Waals surface area (Å²) in [5.74, 6) is 0.793. The van der Waals surface area contributed by atoms with Crippen LogP contribution in [0, 0.1) is 0 Å². The van der Waals surface area contributed by atoms with Crippen LogP contribution in [0.2, 0.25) is 5.02 Å². The second-order valence-electron chi connectivity index (χ2n) is 3.32. The Bertz CT molecular complexity index is 338. The highest BCUT2D eigenvalue weighted by atomic mass is 35.5. The van der Waals surface area contributed by atoms with Gasteiger partial charge < -0.3 is 10.5 Å². The monoisotopic (exact) mass is 197 g/mol. The first-order valence-corrected chi connectivity index (χ1v) is 4.72. The van der Waals surface area contributed by atoms with E-state index in [0.717, 1.165) is 29.2 Å². The molecule has 2 N–H and O–H groups in total. The fourth-order valence-electron chi connectivity index (χ4n) is 1.80. The van der Waals surface area contributed by atoms with Gasteiger partial charge >= 0.3 is 0 Å². The van der Waals surface area contributed by atoms with Gasteiger partial charge in [0.2, 0.25) is 0 Å². The van der Waals surface area contributed by atoms with E-state index in [2.05, 4.69) is 0 Å². The number of rotatable bonds is 1. The zero-order valence-corrected chi connectivity index (χ0v) is 8.27. The Morgan fingerprint density at radius 3 is 3.00 bits per heavy atom. The second-order valence-corrected chi connectivity index (χ2v) is 3.73. The highest BCUT2D eigenvalue weighted by Gasteiger charge is 2.22. The number of methoxy groups -OCH3 is 1. The summed E-state index contributed by atoms with van der Waals surface area (Å²) >= 11 is 6.08. The van der Waals surface area contributed by atoms with Crippen molar-refractivity contribution < 1.29 is 4.74 Å². The lowest BCUT2D eigenvalue weighted by atomic mass is 10.1. The van der Waals surface area contributed by atoms with Gasteiger partial charge in [-0.2, -0.15) is 0 Å². The molecule has 0 fully saturated rings. The van der Waals surface area contributed by atoms with Crippen molar-refractivity contribution in [3.8, 4) is 5.75 Å². The van der Waals surface area contributed by atoms with E-state index in [-0.39, 0.29) is 6.04 Å². The zero-order valence-electron chi connectivity index (χ0n) is 7.51. The maximum atomic E-state index is 6.08. The summed E-state index contributed by atoms with van der Waals surface area (Å²) in [6, 6.07) is 3.96. The molecule has 0 radical (unpaired) electrons. The molecule has 0 heterocycles. The number of fused-ring (bicyclic) bond motifs is 1. The Morgan fingerprint density at radius 2 is 2.31 bits per heavy atom. The summed E-state index contributed by atoms with van der Waals surface area (Å²) in [6.07, 6.45) is 1.97. The van der Waals surface area contributed by atoms with Crippen LogP contribution >= 0.6 is 11.6 Å². The molecule has 2 nitrogen and oxygen atoms in total. The second kappa shape index (κ2) is 3.20. The SMILES string of the molecule is COc1cc(Cl)c2c(c1)[C@H](N)CC2. The Hall–Kier alpha value is -0.730. The van der Waals surface area contributed by atoms with Gasteiger partial charge in [0.1, 0.15) is 5.75 Å². The molecule has 0 aromatic heterocycles. The van der Waals surface area contributed by atoms with Crippen molar-refractivity contribution in [2.75, 3.05) is 7.11 Å². The first kappa shape index (κ1) is 8.85. The van der Waals surface area contributed by atoms with Gasteiger partial charge in [-0.3, -0.25) is 0 Å². The first-order valence-electron chi connectivity index (χ1n) is 4.34. The van der Waals surface area contributed by atoms with E-state index in [0.29, 0.717) is 0 Å². The fourth-order valence-corrected chi connectivity index (χ4v) is 2.11. The van der Waals surface area contributed by atoms with E-state index < -0.39 is 0 Å². The summed E-state index contributed by atoms with van der Waals surface area (Å²) in [5, 5.41) is 0.780. The van der Waals surface area contributed by atoms with Crippen LogP contribution in [0.5, 0.6) is 5.75 Å². The highest BCUT2D eigenvalue weighted by Crippen LogP contribution is 2.37. The topological polar surface area (TPSA) is 35.2 Å². The Labute approximate surface area is 82.6 Å². The standard InChI is InChI=1S/C10H12ClNO/c1-13-6-4-8-7(9(11)5-6)2-3-10(8)12/h4-5,10H,2-3,12H2,1H3/t10-/m1/s1. The van der Waals surface area contributed by atoms with E-state index in [4.69, 9.17) is 22.1 Å². The fraction of sp³-hybridized carbons (Fsp3) is 0.400. The maximum absolute atomic E-state index is 6.08. The molecule has 0 saturated heterocycles. The molecule has 2 rings (SSSR count). The highest BCUT2D eigenvalue weighted by molar-refractivity contribution is 6.31. The Kier molecular flexibility index (Phi) is 2.18. The molecular weight excluding hydrogens is 186 g/mol. The molecule has 0 aliphatic heterocycles. The number of halogens is 1. The number of nitrogens with two attached hydrogens (primary N) is 1.